The molecule has 0 spiro atoms. The van der Waals surface area contributed by atoms with Crippen molar-refractivity contribution in [2.24, 2.45) is 0 Å². The van der Waals surface area contributed by atoms with Crippen molar-refractivity contribution < 1.29 is 9.53 Å². The molecule has 2 rings (SSSR count). The lowest BCUT2D eigenvalue weighted by molar-refractivity contribution is 0.0183. The zero-order valence-corrected chi connectivity index (χ0v) is 14.0. The largest absolute Gasteiger partial charge is 0.444 e. The highest BCUT2D eigenvalue weighted by atomic mass is 16.6. The molecule has 1 unspecified atom stereocenters. The first-order chi connectivity index (χ1) is 10.3. The molecule has 5 nitrogen and oxygen atoms in total. The first kappa shape index (κ1) is 16.7. The number of piperidine rings is 1. The van der Waals surface area contributed by atoms with E-state index in [-0.39, 0.29) is 18.2 Å². The Morgan fingerprint density at radius 2 is 2.23 bits per heavy atom. The van der Waals surface area contributed by atoms with Gasteiger partial charge in [0.2, 0.25) is 0 Å². The number of likely N-dealkylation sites (tertiary alicyclic amines) is 1. The van der Waals surface area contributed by atoms with Gasteiger partial charge in [-0.2, -0.15) is 0 Å². The second-order valence-corrected chi connectivity index (χ2v) is 6.91. The first-order valence-corrected chi connectivity index (χ1v) is 8.00. The molecule has 0 aromatic carbocycles. The number of carbonyl (C=O) groups is 1. The standard InChI is InChI=1S/C17H27N3O2/c1-13(15-9-5-6-10-18-15)19-14-8-7-11-20(12-14)16(21)22-17(2,3)4/h5-6,9-10,13-14,19H,7-8,11-12H2,1-4H3/t13?,14-/m1/s1. The van der Waals surface area contributed by atoms with E-state index in [4.69, 9.17) is 4.74 Å². The lowest BCUT2D eigenvalue weighted by Crippen LogP contribution is -2.49. The van der Waals surface area contributed by atoms with Gasteiger partial charge in [-0.05, 0) is 52.7 Å². The number of hydrogen-bond acceptors (Lipinski definition) is 4. The van der Waals surface area contributed by atoms with E-state index in [1.165, 1.54) is 0 Å². The van der Waals surface area contributed by atoms with Crippen LogP contribution in [-0.4, -0.2) is 40.7 Å². The lowest BCUT2D eigenvalue weighted by Gasteiger charge is -2.35. The van der Waals surface area contributed by atoms with Crippen LogP contribution in [0.25, 0.3) is 0 Å². The molecule has 22 heavy (non-hydrogen) atoms. The lowest BCUT2D eigenvalue weighted by atomic mass is 10.0. The van der Waals surface area contributed by atoms with Gasteiger partial charge in [0.05, 0.1) is 5.69 Å². The number of aromatic nitrogens is 1. The van der Waals surface area contributed by atoms with Gasteiger partial charge in [-0.1, -0.05) is 6.07 Å². The van der Waals surface area contributed by atoms with Crippen molar-refractivity contribution in [1.29, 1.82) is 0 Å². The number of pyridine rings is 1. The SMILES string of the molecule is CC(N[C@@H]1CCCN(C(=O)OC(C)(C)C)C1)c1ccccn1. The Labute approximate surface area is 133 Å². The monoisotopic (exact) mass is 305 g/mol. The zero-order chi connectivity index (χ0) is 16.2. The highest BCUT2D eigenvalue weighted by Gasteiger charge is 2.28. The van der Waals surface area contributed by atoms with Crippen molar-refractivity contribution in [1.82, 2.24) is 15.2 Å². The van der Waals surface area contributed by atoms with Gasteiger partial charge >= 0.3 is 6.09 Å². The molecule has 2 atom stereocenters. The summed E-state index contributed by atoms with van der Waals surface area (Å²) in [6.45, 7) is 9.25. The molecular weight excluding hydrogens is 278 g/mol. The summed E-state index contributed by atoms with van der Waals surface area (Å²) in [7, 11) is 0. The summed E-state index contributed by atoms with van der Waals surface area (Å²) in [4.78, 5) is 18.4. The highest BCUT2D eigenvalue weighted by Crippen LogP contribution is 2.18. The van der Waals surface area contributed by atoms with Crippen LogP contribution < -0.4 is 5.32 Å². The summed E-state index contributed by atoms with van der Waals surface area (Å²) in [5.74, 6) is 0. The normalized spacial score (nSPS) is 20.5. The number of hydrogen-bond donors (Lipinski definition) is 1. The number of nitrogens with zero attached hydrogens (tertiary/aromatic N) is 2. The number of amides is 1. The van der Waals surface area contributed by atoms with E-state index in [9.17, 15) is 4.79 Å². The predicted molar refractivity (Wildman–Crippen MR) is 86.6 cm³/mol. The maximum Gasteiger partial charge on any atom is 0.410 e. The van der Waals surface area contributed by atoms with Crippen molar-refractivity contribution in [2.75, 3.05) is 13.1 Å². The van der Waals surface area contributed by atoms with Crippen LogP contribution in [0.2, 0.25) is 0 Å². The smallest absolute Gasteiger partial charge is 0.410 e. The van der Waals surface area contributed by atoms with Crippen molar-refractivity contribution >= 4 is 6.09 Å². The maximum absolute atomic E-state index is 12.2. The number of rotatable bonds is 3. The molecule has 0 saturated carbocycles. The summed E-state index contributed by atoms with van der Waals surface area (Å²) in [6, 6.07) is 6.38. The minimum atomic E-state index is -0.446. The van der Waals surface area contributed by atoms with Crippen molar-refractivity contribution in [2.45, 2.75) is 58.2 Å². The molecule has 0 bridgehead atoms. The third-order valence-corrected chi connectivity index (χ3v) is 3.69. The van der Waals surface area contributed by atoms with Crippen LogP contribution in [0.3, 0.4) is 0 Å². The Hall–Kier alpha value is -1.62. The van der Waals surface area contributed by atoms with Crippen molar-refractivity contribution in [3.8, 4) is 0 Å². The molecule has 1 amide bonds. The van der Waals surface area contributed by atoms with Crippen molar-refractivity contribution in [3.05, 3.63) is 30.1 Å². The molecule has 1 fully saturated rings. The highest BCUT2D eigenvalue weighted by molar-refractivity contribution is 5.68. The van der Waals surface area contributed by atoms with Gasteiger partial charge in [-0.25, -0.2) is 4.79 Å². The molecule has 0 radical (unpaired) electrons. The fourth-order valence-corrected chi connectivity index (χ4v) is 2.68. The van der Waals surface area contributed by atoms with Gasteiger partial charge in [-0.15, -0.1) is 0 Å². The van der Waals surface area contributed by atoms with Gasteiger partial charge in [0, 0.05) is 31.4 Å². The molecule has 1 saturated heterocycles. The van der Waals surface area contributed by atoms with Crippen LogP contribution in [0.15, 0.2) is 24.4 Å². The predicted octanol–water partition coefficient (Wildman–Crippen LogP) is 3.13. The quantitative estimate of drug-likeness (QED) is 0.932. The van der Waals surface area contributed by atoms with Gasteiger partial charge in [0.1, 0.15) is 5.60 Å². The summed E-state index contributed by atoms with van der Waals surface area (Å²) in [5.41, 5.74) is 0.579. The van der Waals surface area contributed by atoms with Gasteiger partial charge in [0.25, 0.3) is 0 Å². The van der Waals surface area contributed by atoms with E-state index < -0.39 is 5.60 Å². The maximum atomic E-state index is 12.2. The molecule has 1 aromatic heterocycles. The molecule has 0 aliphatic carbocycles. The van der Waals surface area contributed by atoms with E-state index in [0.29, 0.717) is 6.54 Å². The minimum Gasteiger partial charge on any atom is -0.444 e. The minimum absolute atomic E-state index is 0.171. The van der Waals surface area contributed by atoms with Crippen LogP contribution in [0.5, 0.6) is 0 Å². The summed E-state index contributed by atoms with van der Waals surface area (Å²) in [6.07, 6.45) is 3.65. The van der Waals surface area contributed by atoms with Crippen LogP contribution in [0.1, 0.15) is 52.3 Å². The molecule has 5 heteroatoms. The zero-order valence-electron chi connectivity index (χ0n) is 14.0. The molecule has 1 aliphatic rings. The van der Waals surface area contributed by atoms with Gasteiger partial charge in [0.15, 0.2) is 0 Å². The molecule has 2 heterocycles. The van der Waals surface area contributed by atoms with E-state index in [0.717, 1.165) is 25.1 Å². The average molecular weight is 305 g/mol. The van der Waals surface area contributed by atoms with Crippen LogP contribution in [-0.2, 0) is 4.74 Å². The molecular formula is C17H27N3O2. The average Bonchev–Trinajstić information content (AvgIpc) is 2.46. The Bertz CT molecular complexity index is 484. The Morgan fingerprint density at radius 3 is 2.86 bits per heavy atom. The topological polar surface area (TPSA) is 54.5 Å². The molecule has 1 aliphatic heterocycles. The number of carbonyl (C=O) groups excluding carboxylic acids is 1. The van der Waals surface area contributed by atoms with E-state index in [1.54, 1.807) is 11.1 Å². The second-order valence-electron chi connectivity index (χ2n) is 6.91. The third-order valence-electron chi connectivity index (χ3n) is 3.69. The summed E-state index contributed by atoms with van der Waals surface area (Å²) in [5, 5.41) is 3.57. The molecule has 1 aromatic rings. The van der Waals surface area contributed by atoms with Gasteiger partial charge in [-0.3, -0.25) is 4.98 Å². The molecule has 1 N–H and O–H groups in total. The van der Waals surface area contributed by atoms with E-state index in [2.05, 4.69) is 17.2 Å². The second kappa shape index (κ2) is 7.09. The molecule has 122 valence electrons. The fourth-order valence-electron chi connectivity index (χ4n) is 2.68. The first-order valence-electron chi connectivity index (χ1n) is 8.00. The summed E-state index contributed by atoms with van der Waals surface area (Å²) < 4.78 is 5.46. The summed E-state index contributed by atoms with van der Waals surface area (Å²) >= 11 is 0. The fraction of sp³-hybridized carbons (Fsp3) is 0.647. The Morgan fingerprint density at radius 1 is 1.45 bits per heavy atom. The van der Waals surface area contributed by atoms with E-state index in [1.807, 2.05) is 39.0 Å². The third kappa shape index (κ3) is 4.98. The van der Waals surface area contributed by atoms with Crippen LogP contribution in [0, 0.1) is 0 Å². The Kier molecular flexibility index (Phi) is 5.40. The van der Waals surface area contributed by atoms with Crippen LogP contribution >= 0.6 is 0 Å². The van der Waals surface area contributed by atoms with E-state index >= 15 is 0 Å². The van der Waals surface area contributed by atoms with Crippen molar-refractivity contribution in [3.63, 3.8) is 0 Å². The number of nitrogens with one attached hydrogen (secondary N) is 1. The van der Waals surface area contributed by atoms with Crippen LogP contribution in [0.4, 0.5) is 4.79 Å². The van der Waals surface area contributed by atoms with Gasteiger partial charge < -0.3 is 15.0 Å². The Balaban J connectivity index is 1.89. The number of ether oxygens (including phenoxy) is 1.